The van der Waals surface area contributed by atoms with Crippen LogP contribution in [0.3, 0.4) is 0 Å². The third-order valence-corrected chi connectivity index (χ3v) is 8.82. The molecule has 0 radical (unpaired) electrons. The van der Waals surface area contributed by atoms with Crippen molar-refractivity contribution in [3.63, 3.8) is 0 Å². The van der Waals surface area contributed by atoms with Gasteiger partial charge in [-0.1, -0.05) is 20.8 Å². The van der Waals surface area contributed by atoms with Crippen LogP contribution >= 0.6 is 0 Å². The summed E-state index contributed by atoms with van der Waals surface area (Å²) in [5.74, 6) is 3.49. The van der Waals surface area contributed by atoms with Crippen LogP contribution in [0.4, 0.5) is 0 Å². The summed E-state index contributed by atoms with van der Waals surface area (Å²) in [6.07, 6.45) is 7.24. The quantitative estimate of drug-likeness (QED) is 0.285. The maximum atomic E-state index is 5.95. The summed E-state index contributed by atoms with van der Waals surface area (Å²) >= 11 is 0. The lowest BCUT2D eigenvalue weighted by molar-refractivity contribution is 0.0333. The van der Waals surface area contributed by atoms with Crippen LogP contribution in [0, 0.1) is 17.8 Å². The van der Waals surface area contributed by atoms with E-state index in [-0.39, 0.29) is 6.04 Å². The highest BCUT2D eigenvalue weighted by atomic mass is 16.5. The monoisotopic (exact) mass is 586 g/mol. The number of nitrogens with zero attached hydrogens (tertiary/aromatic N) is 3. The second-order valence-corrected chi connectivity index (χ2v) is 12.8. The Kier molecular flexibility index (Phi) is 11.1. The van der Waals surface area contributed by atoms with Gasteiger partial charge in [-0.2, -0.15) is 0 Å². The number of allylic oxidation sites excluding steroid dienone is 1. The topological polar surface area (TPSA) is 68.2 Å². The van der Waals surface area contributed by atoms with E-state index < -0.39 is 0 Å². The van der Waals surface area contributed by atoms with Gasteiger partial charge < -0.3 is 24.4 Å². The Morgan fingerprint density at radius 3 is 2.74 bits per heavy atom. The van der Waals surface area contributed by atoms with Gasteiger partial charge in [-0.05, 0) is 87.4 Å². The molecule has 1 unspecified atom stereocenters. The van der Waals surface area contributed by atoms with E-state index in [4.69, 9.17) is 24.2 Å². The third-order valence-electron chi connectivity index (χ3n) is 8.82. The smallest absolute Gasteiger partial charge is 0.139 e. The first kappa shape index (κ1) is 31.5. The van der Waals surface area contributed by atoms with Crippen LogP contribution in [-0.2, 0) is 22.4 Å². The van der Waals surface area contributed by atoms with E-state index in [1.54, 1.807) is 7.11 Å². The number of hydrogen-bond donors (Lipinski definition) is 1. The first-order valence-corrected chi connectivity index (χ1v) is 16.3. The van der Waals surface area contributed by atoms with Crippen LogP contribution in [0.2, 0.25) is 0 Å². The molecule has 7 heteroatoms. The molecule has 0 bridgehead atoms. The average Bonchev–Trinajstić information content (AvgIpc) is 2.98. The maximum absolute atomic E-state index is 5.95. The van der Waals surface area contributed by atoms with Gasteiger partial charge in [0.1, 0.15) is 11.6 Å². The van der Waals surface area contributed by atoms with E-state index in [9.17, 15) is 0 Å². The highest BCUT2D eigenvalue weighted by molar-refractivity contribution is 6.01. The molecule has 0 spiro atoms. The fourth-order valence-electron chi connectivity index (χ4n) is 6.14. The van der Waals surface area contributed by atoms with E-state index in [1.165, 1.54) is 0 Å². The predicted molar refractivity (Wildman–Crippen MR) is 174 cm³/mol. The number of pyridine rings is 1. The number of ether oxygens (including phenoxy) is 3. The zero-order valence-electron chi connectivity index (χ0n) is 26.8. The van der Waals surface area contributed by atoms with E-state index in [0.717, 1.165) is 104 Å². The molecule has 0 aliphatic carbocycles. The third kappa shape index (κ3) is 8.16. The molecule has 0 saturated carbocycles. The molecule has 7 nitrogen and oxygen atoms in total. The highest BCUT2D eigenvalue weighted by Crippen LogP contribution is 2.31. The summed E-state index contributed by atoms with van der Waals surface area (Å²) < 4.78 is 17.5. The standard InChI is InChI=1S/C36H50N4O3/c1-25(2)15-17-37-22-30-21-29(11-14-35(30)41-5)33-13-12-31-34(38-33)8-6-7-32(28-10-9-26(3)23-42-19-16-28)39-36(31)40-18-20-43-24-27(40)4/h6,11-14,21,25-28,37H,8-10,15-20,22-24H2,1-5H3/b39-36+/t7?,26-,27+,28?/m1/s1. The molecule has 2 fully saturated rings. The number of hydrogen-bond acceptors (Lipinski definition) is 7. The molecule has 0 amide bonds. The molecule has 43 heavy (non-hydrogen) atoms. The van der Waals surface area contributed by atoms with Crippen molar-refractivity contribution in [2.75, 3.05) is 46.6 Å². The number of amidine groups is 1. The number of methoxy groups -OCH3 is 1. The zero-order valence-corrected chi connectivity index (χ0v) is 26.8. The van der Waals surface area contributed by atoms with Crippen molar-refractivity contribution in [2.45, 2.75) is 72.4 Å². The number of aromatic nitrogens is 1. The van der Waals surface area contributed by atoms with Gasteiger partial charge in [-0.15, -0.1) is 5.73 Å². The van der Waals surface area contributed by atoms with Crippen molar-refractivity contribution in [2.24, 2.45) is 22.7 Å². The fourth-order valence-corrected chi connectivity index (χ4v) is 6.14. The minimum Gasteiger partial charge on any atom is -0.496 e. The first-order chi connectivity index (χ1) is 20.9. The average molecular weight is 587 g/mol. The molecule has 3 aliphatic rings. The second kappa shape index (κ2) is 15.2. The Balaban J connectivity index is 1.48. The molecular formula is C36H50N4O3. The van der Waals surface area contributed by atoms with Crippen molar-refractivity contribution in [3.8, 4) is 17.0 Å². The molecule has 3 atom stereocenters. The minimum absolute atomic E-state index is 0.234. The number of rotatable bonds is 8. The van der Waals surface area contributed by atoms with Crippen molar-refractivity contribution in [1.82, 2.24) is 15.2 Å². The summed E-state index contributed by atoms with van der Waals surface area (Å²) in [6, 6.07) is 11.0. The number of nitrogens with one attached hydrogen (secondary N) is 1. The Morgan fingerprint density at radius 1 is 1.07 bits per heavy atom. The van der Waals surface area contributed by atoms with Crippen LogP contribution in [0.1, 0.15) is 70.2 Å². The van der Waals surface area contributed by atoms with Crippen LogP contribution in [-0.4, -0.2) is 68.4 Å². The lowest BCUT2D eigenvalue weighted by Gasteiger charge is -2.37. The van der Waals surface area contributed by atoms with E-state index >= 15 is 0 Å². The van der Waals surface area contributed by atoms with Gasteiger partial charge in [0.15, 0.2) is 0 Å². The van der Waals surface area contributed by atoms with Crippen molar-refractivity contribution in [1.29, 1.82) is 0 Å². The van der Waals surface area contributed by atoms with Gasteiger partial charge >= 0.3 is 0 Å². The normalized spacial score (nSPS) is 24.2. The van der Waals surface area contributed by atoms with Crippen molar-refractivity contribution >= 4 is 5.84 Å². The number of morpholine rings is 1. The van der Waals surface area contributed by atoms with Gasteiger partial charge in [0.05, 0.1) is 43.5 Å². The molecule has 5 rings (SSSR count). The van der Waals surface area contributed by atoms with Crippen LogP contribution in [0.5, 0.6) is 5.75 Å². The van der Waals surface area contributed by atoms with Crippen molar-refractivity contribution < 1.29 is 14.2 Å². The SMILES string of the molecule is COc1ccc(-c2ccc3c(n2)CC=C=C(C2CCOC[C@H](C)CC2)/N=C\3N2CCOC[C@@H]2C)cc1CNCCC(C)C. The first-order valence-electron chi connectivity index (χ1n) is 16.3. The summed E-state index contributed by atoms with van der Waals surface area (Å²) in [6.45, 7) is 14.6. The van der Waals surface area contributed by atoms with E-state index in [0.29, 0.717) is 37.4 Å². The van der Waals surface area contributed by atoms with Gasteiger partial charge in [-0.25, -0.2) is 4.99 Å². The van der Waals surface area contributed by atoms with Crippen LogP contribution in [0.25, 0.3) is 11.3 Å². The molecule has 1 aromatic heterocycles. The van der Waals surface area contributed by atoms with Crippen LogP contribution in [0.15, 0.2) is 52.8 Å². The largest absolute Gasteiger partial charge is 0.496 e. The molecule has 4 heterocycles. The van der Waals surface area contributed by atoms with Gasteiger partial charge in [0.2, 0.25) is 0 Å². The minimum atomic E-state index is 0.234. The molecular weight excluding hydrogens is 536 g/mol. The van der Waals surface area contributed by atoms with Gasteiger partial charge in [0, 0.05) is 55.3 Å². The molecule has 1 aromatic carbocycles. The lowest BCUT2D eigenvalue weighted by atomic mass is 9.91. The summed E-state index contributed by atoms with van der Waals surface area (Å²) in [5, 5.41) is 3.58. The summed E-state index contributed by atoms with van der Waals surface area (Å²) in [5.41, 5.74) is 10.0. The molecule has 3 aliphatic heterocycles. The molecule has 2 aromatic rings. The Hall–Kier alpha value is -2.96. The fraction of sp³-hybridized carbons (Fsp3) is 0.583. The maximum Gasteiger partial charge on any atom is 0.139 e. The number of aliphatic imine (C=N–C) groups is 1. The number of fused-ring (bicyclic) bond motifs is 1. The number of benzene rings is 1. The Labute approximate surface area is 258 Å². The zero-order chi connectivity index (χ0) is 30.2. The van der Waals surface area contributed by atoms with Crippen LogP contribution < -0.4 is 10.1 Å². The second-order valence-electron chi connectivity index (χ2n) is 12.8. The van der Waals surface area contributed by atoms with Gasteiger partial charge in [0.25, 0.3) is 0 Å². The predicted octanol–water partition coefficient (Wildman–Crippen LogP) is 6.41. The highest BCUT2D eigenvalue weighted by Gasteiger charge is 2.28. The molecule has 2 saturated heterocycles. The van der Waals surface area contributed by atoms with Crippen molar-refractivity contribution in [3.05, 3.63) is 64.7 Å². The molecule has 232 valence electrons. The van der Waals surface area contributed by atoms with E-state index in [2.05, 4.69) is 80.1 Å². The van der Waals surface area contributed by atoms with E-state index in [1.807, 2.05) is 0 Å². The lowest BCUT2D eigenvalue weighted by Crippen LogP contribution is -2.48. The van der Waals surface area contributed by atoms with Gasteiger partial charge in [-0.3, -0.25) is 4.98 Å². The summed E-state index contributed by atoms with van der Waals surface area (Å²) in [4.78, 5) is 13.1. The summed E-state index contributed by atoms with van der Waals surface area (Å²) in [7, 11) is 1.74. The Morgan fingerprint density at radius 2 is 1.93 bits per heavy atom. The Bertz CT molecular complexity index is 1330. The molecule has 1 N–H and O–H groups in total.